The first kappa shape index (κ1) is 18.1. The van der Waals surface area contributed by atoms with Crippen molar-refractivity contribution in [2.75, 3.05) is 33.3 Å². The Morgan fingerprint density at radius 3 is 2.40 bits per heavy atom. The number of rotatable bonds is 3. The summed E-state index contributed by atoms with van der Waals surface area (Å²) in [6.45, 7) is 2.59. The molecule has 0 N–H and O–H groups in total. The maximum atomic E-state index is 12.8. The van der Waals surface area contributed by atoms with E-state index < -0.39 is 0 Å². The first-order valence-electron chi connectivity index (χ1n) is 9.01. The van der Waals surface area contributed by atoms with Crippen LogP contribution in [-0.2, 0) is 4.79 Å². The van der Waals surface area contributed by atoms with E-state index in [1.165, 1.54) is 0 Å². The molecule has 1 aromatic carbocycles. The quantitative estimate of drug-likeness (QED) is 0.827. The summed E-state index contributed by atoms with van der Waals surface area (Å²) in [4.78, 5) is 29.1. The number of benzene rings is 1. The van der Waals surface area contributed by atoms with E-state index in [2.05, 4.69) is 0 Å². The van der Waals surface area contributed by atoms with Gasteiger partial charge in [-0.1, -0.05) is 24.4 Å². The summed E-state index contributed by atoms with van der Waals surface area (Å²) in [5.74, 6) is 0.990. The summed E-state index contributed by atoms with van der Waals surface area (Å²) >= 11 is 6.13. The van der Waals surface area contributed by atoms with Crippen LogP contribution in [0.4, 0.5) is 0 Å². The molecule has 0 bridgehead atoms. The van der Waals surface area contributed by atoms with Crippen molar-refractivity contribution in [3.8, 4) is 5.75 Å². The Balaban J connectivity index is 1.63. The van der Waals surface area contributed by atoms with E-state index in [4.69, 9.17) is 16.3 Å². The zero-order chi connectivity index (χ0) is 17.8. The predicted octanol–water partition coefficient (Wildman–Crippen LogP) is 3.21. The van der Waals surface area contributed by atoms with Crippen LogP contribution in [0.1, 0.15) is 42.5 Å². The van der Waals surface area contributed by atoms with Crippen molar-refractivity contribution in [1.29, 1.82) is 0 Å². The van der Waals surface area contributed by atoms with Gasteiger partial charge in [0, 0.05) is 37.7 Å². The molecule has 25 heavy (non-hydrogen) atoms. The van der Waals surface area contributed by atoms with Crippen LogP contribution in [0.5, 0.6) is 5.75 Å². The first-order chi connectivity index (χ1) is 12.1. The van der Waals surface area contributed by atoms with Crippen molar-refractivity contribution in [3.05, 3.63) is 28.8 Å². The van der Waals surface area contributed by atoms with Gasteiger partial charge in [0.1, 0.15) is 5.75 Å². The number of amides is 2. The maximum Gasteiger partial charge on any atom is 0.253 e. The number of halogens is 1. The molecule has 1 aliphatic carbocycles. The van der Waals surface area contributed by atoms with Gasteiger partial charge < -0.3 is 14.5 Å². The number of carbonyl (C=O) groups excluding carboxylic acids is 2. The molecule has 0 atom stereocenters. The Morgan fingerprint density at radius 1 is 1.04 bits per heavy atom. The molecule has 0 radical (unpaired) electrons. The second kappa shape index (κ2) is 8.09. The highest BCUT2D eigenvalue weighted by atomic mass is 35.5. The van der Waals surface area contributed by atoms with Crippen LogP contribution in [0.3, 0.4) is 0 Å². The molecule has 3 rings (SSSR count). The van der Waals surface area contributed by atoms with E-state index in [1.807, 2.05) is 9.80 Å². The average molecular weight is 365 g/mol. The molecule has 0 spiro atoms. The van der Waals surface area contributed by atoms with Crippen molar-refractivity contribution < 1.29 is 14.3 Å². The molecule has 1 heterocycles. The lowest BCUT2D eigenvalue weighted by molar-refractivity contribution is -0.135. The molecule has 0 unspecified atom stereocenters. The van der Waals surface area contributed by atoms with Crippen molar-refractivity contribution in [2.24, 2.45) is 5.92 Å². The van der Waals surface area contributed by atoms with E-state index in [-0.39, 0.29) is 17.7 Å². The molecule has 5 nitrogen and oxygen atoms in total. The van der Waals surface area contributed by atoms with Crippen LogP contribution in [0.25, 0.3) is 0 Å². The summed E-state index contributed by atoms with van der Waals surface area (Å²) in [7, 11) is 1.55. The summed E-state index contributed by atoms with van der Waals surface area (Å²) in [5.41, 5.74) is 0.557. The first-order valence-corrected chi connectivity index (χ1v) is 9.39. The lowest BCUT2D eigenvalue weighted by Gasteiger charge is -2.24. The maximum absolute atomic E-state index is 12.8. The molecule has 136 valence electrons. The van der Waals surface area contributed by atoms with Gasteiger partial charge >= 0.3 is 0 Å². The highest BCUT2D eigenvalue weighted by molar-refractivity contribution is 6.32. The summed E-state index contributed by atoms with van der Waals surface area (Å²) in [5, 5.41) is 0.432. The predicted molar refractivity (Wildman–Crippen MR) is 97.1 cm³/mol. The molecular weight excluding hydrogens is 340 g/mol. The lowest BCUT2D eigenvalue weighted by atomic mass is 10.1. The van der Waals surface area contributed by atoms with Gasteiger partial charge in [0.05, 0.1) is 12.1 Å². The third-order valence-electron chi connectivity index (χ3n) is 5.20. The zero-order valence-corrected chi connectivity index (χ0v) is 15.4. The highest BCUT2D eigenvalue weighted by Gasteiger charge is 2.29. The van der Waals surface area contributed by atoms with Crippen LogP contribution < -0.4 is 4.74 Å². The van der Waals surface area contributed by atoms with Crippen LogP contribution in [-0.4, -0.2) is 54.9 Å². The number of carbonyl (C=O) groups is 2. The SMILES string of the molecule is COc1ccc(C(=O)N2CCCN(C(=O)C3CCCC3)CC2)cc1Cl. The smallest absolute Gasteiger partial charge is 0.253 e. The Bertz CT molecular complexity index is 644. The third-order valence-corrected chi connectivity index (χ3v) is 5.49. The normalized spacial score (nSPS) is 19.0. The molecule has 1 aromatic rings. The monoisotopic (exact) mass is 364 g/mol. The minimum absolute atomic E-state index is 0.0419. The van der Waals surface area contributed by atoms with Gasteiger partial charge in [0.15, 0.2) is 0 Å². The average Bonchev–Trinajstić information content (AvgIpc) is 3.05. The largest absolute Gasteiger partial charge is 0.495 e. The third kappa shape index (κ3) is 4.09. The molecule has 2 amide bonds. The van der Waals surface area contributed by atoms with Gasteiger partial charge in [0.25, 0.3) is 5.91 Å². The lowest BCUT2D eigenvalue weighted by Crippen LogP contribution is -2.39. The van der Waals surface area contributed by atoms with E-state index in [9.17, 15) is 9.59 Å². The van der Waals surface area contributed by atoms with E-state index in [0.717, 1.165) is 38.6 Å². The fourth-order valence-electron chi connectivity index (χ4n) is 3.75. The molecule has 2 fully saturated rings. The molecule has 1 saturated heterocycles. The minimum atomic E-state index is -0.0419. The van der Waals surface area contributed by atoms with E-state index in [0.29, 0.717) is 36.0 Å². The molecule has 1 saturated carbocycles. The van der Waals surface area contributed by atoms with Gasteiger partial charge in [-0.05, 0) is 37.5 Å². The second-order valence-electron chi connectivity index (χ2n) is 6.80. The van der Waals surface area contributed by atoms with E-state index in [1.54, 1.807) is 25.3 Å². The minimum Gasteiger partial charge on any atom is -0.495 e. The molecular formula is C19H25ClN2O3. The number of ether oxygens (including phenoxy) is 1. The number of hydrogen-bond donors (Lipinski definition) is 0. The molecule has 0 aromatic heterocycles. The Morgan fingerprint density at radius 2 is 1.72 bits per heavy atom. The summed E-state index contributed by atoms with van der Waals surface area (Å²) in [6.07, 6.45) is 5.17. The number of methoxy groups -OCH3 is 1. The van der Waals surface area contributed by atoms with Crippen molar-refractivity contribution in [1.82, 2.24) is 9.80 Å². The summed E-state index contributed by atoms with van der Waals surface area (Å²) < 4.78 is 5.13. The topological polar surface area (TPSA) is 49.9 Å². The molecule has 2 aliphatic rings. The van der Waals surface area contributed by atoms with Crippen LogP contribution >= 0.6 is 11.6 Å². The fraction of sp³-hybridized carbons (Fsp3) is 0.579. The number of nitrogens with zero attached hydrogens (tertiary/aromatic N) is 2. The fourth-order valence-corrected chi connectivity index (χ4v) is 4.01. The van der Waals surface area contributed by atoms with Crippen LogP contribution in [0.2, 0.25) is 5.02 Å². The standard InChI is InChI=1S/C19H25ClN2O3/c1-25-17-8-7-15(13-16(17)20)19(24)22-10-4-9-21(11-12-22)18(23)14-5-2-3-6-14/h7-8,13-14H,2-6,9-12H2,1H3. The van der Waals surface area contributed by atoms with Crippen molar-refractivity contribution in [3.63, 3.8) is 0 Å². The summed E-state index contributed by atoms with van der Waals surface area (Å²) in [6, 6.07) is 5.10. The van der Waals surface area contributed by atoms with Gasteiger partial charge in [-0.15, -0.1) is 0 Å². The van der Waals surface area contributed by atoms with Crippen LogP contribution in [0, 0.1) is 5.92 Å². The van der Waals surface area contributed by atoms with E-state index >= 15 is 0 Å². The second-order valence-corrected chi connectivity index (χ2v) is 7.21. The van der Waals surface area contributed by atoms with Gasteiger partial charge in [-0.2, -0.15) is 0 Å². The van der Waals surface area contributed by atoms with Gasteiger partial charge in [-0.3, -0.25) is 9.59 Å². The zero-order valence-electron chi connectivity index (χ0n) is 14.7. The van der Waals surface area contributed by atoms with Crippen molar-refractivity contribution >= 4 is 23.4 Å². The Kier molecular flexibility index (Phi) is 5.84. The van der Waals surface area contributed by atoms with Gasteiger partial charge in [-0.25, -0.2) is 0 Å². The van der Waals surface area contributed by atoms with Gasteiger partial charge in [0.2, 0.25) is 5.91 Å². The number of hydrogen-bond acceptors (Lipinski definition) is 3. The molecule has 1 aliphatic heterocycles. The highest BCUT2D eigenvalue weighted by Crippen LogP contribution is 2.28. The van der Waals surface area contributed by atoms with Crippen molar-refractivity contribution in [2.45, 2.75) is 32.1 Å². The van der Waals surface area contributed by atoms with Crippen LogP contribution in [0.15, 0.2) is 18.2 Å². The Labute approximate surface area is 153 Å². The Hall–Kier alpha value is -1.75. The molecule has 6 heteroatoms.